The Hall–Kier alpha value is -3.87. The van der Waals surface area contributed by atoms with Crippen molar-refractivity contribution in [1.82, 2.24) is 5.32 Å². The first-order chi connectivity index (χ1) is 15.0. The van der Waals surface area contributed by atoms with Gasteiger partial charge in [0, 0.05) is 6.54 Å². The van der Waals surface area contributed by atoms with Gasteiger partial charge in [0.05, 0.1) is 12.3 Å². The van der Waals surface area contributed by atoms with Crippen LogP contribution in [0.15, 0.2) is 76.6 Å². The maximum absolute atomic E-state index is 12.0. The fourth-order valence-corrected chi connectivity index (χ4v) is 2.95. The molecule has 0 aliphatic carbocycles. The number of amides is 1. The number of esters is 1. The Morgan fingerprint density at radius 3 is 2.48 bits per heavy atom. The third-order valence-electron chi connectivity index (χ3n) is 4.49. The maximum atomic E-state index is 12.0. The van der Waals surface area contributed by atoms with Crippen molar-refractivity contribution < 1.29 is 24.2 Å². The van der Waals surface area contributed by atoms with E-state index < -0.39 is 5.97 Å². The SMILES string of the molecule is CCOC(=O)C1=C(O)/C(=C/c2ccc(OCC(=O)NCc3ccccc3)cc2)N=C1C. The van der Waals surface area contributed by atoms with E-state index in [0.29, 0.717) is 18.0 Å². The quantitative estimate of drug-likeness (QED) is 0.637. The molecule has 31 heavy (non-hydrogen) atoms. The molecule has 2 aromatic carbocycles. The topological polar surface area (TPSA) is 97.2 Å². The molecule has 1 aliphatic rings. The van der Waals surface area contributed by atoms with Gasteiger partial charge >= 0.3 is 5.97 Å². The van der Waals surface area contributed by atoms with Crippen molar-refractivity contribution in [3.63, 3.8) is 0 Å². The van der Waals surface area contributed by atoms with E-state index in [9.17, 15) is 14.7 Å². The van der Waals surface area contributed by atoms with Crippen LogP contribution in [0.3, 0.4) is 0 Å². The number of nitrogens with zero attached hydrogens (tertiary/aromatic N) is 1. The van der Waals surface area contributed by atoms with Gasteiger partial charge in [-0.25, -0.2) is 9.79 Å². The number of aliphatic imine (C=N–C) groups is 1. The number of nitrogens with one attached hydrogen (secondary N) is 1. The van der Waals surface area contributed by atoms with Crippen molar-refractivity contribution in [3.05, 3.63) is 82.8 Å². The number of benzene rings is 2. The number of rotatable bonds is 8. The average molecular weight is 420 g/mol. The van der Waals surface area contributed by atoms with Crippen LogP contribution in [0.5, 0.6) is 5.75 Å². The smallest absolute Gasteiger partial charge is 0.343 e. The Labute approximate surface area is 180 Å². The van der Waals surface area contributed by atoms with Gasteiger partial charge in [-0.3, -0.25) is 4.79 Å². The van der Waals surface area contributed by atoms with E-state index in [1.807, 2.05) is 30.3 Å². The molecular weight excluding hydrogens is 396 g/mol. The van der Waals surface area contributed by atoms with Gasteiger partial charge in [0.15, 0.2) is 12.4 Å². The first-order valence-corrected chi connectivity index (χ1v) is 9.89. The van der Waals surface area contributed by atoms with Crippen molar-refractivity contribution in [1.29, 1.82) is 0 Å². The summed E-state index contributed by atoms with van der Waals surface area (Å²) >= 11 is 0. The third kappa shape index (κ3) is 5.82. The average Bonchev–Trinajstić information content (AvgIpc) is 3.05. The first kappa shape index (κ1) is 21.8. The Morgan fingerprint density at radius 1 is 1.10 bits per heavy atom. The summed E-state index contributed by atoms with van der Waals surface area (Å²) in [5.74, 6) is -0.479. The molecule has 1 aliphatic heterocycles. The summed E-state index contributed by atoms with van der Waals surface area (Å²) < 4.78 is 10.5. The van der Waals surface area contributed by atoms with Gasteiger partial charge in [-0.15, -0.1) is 0 Å². The van der Waals surface area contributed by atoms with Crippen LogP contribution in [0.2, 0.25) is 0 Å². The first-order valence-electron chi connectivity index (χ1n) is 9.89. The molecule has 0 aromatic heterocycles. The van der Waals surface area contributed by atoms with Crippen LogP contribution in [-0.4, -0.2) is 35.9 Å². The summed E-state index contributed by atoms with van der Waals surface area (Å²) in [6.07, 6.45) is 1.65. The number of hydrogen-bond donors (Lipinski definition) is 2. The van der Waals surface area contributed by atoms with E-state index >= 15 is 0 Å². The number of aliphatic hydroxyl groups excluding tert-OH is 1. The molecule has 7 heteroatoms. The molecule has 1 amide bonds. The van der Waals surface area contributed by atoms with Crippen molar-refractivity contribution in [2.24, 2.45) is 4.99 Å². The zero-order valence-electron chi connectivity index (χ0n) is 17.4. The molecule has 7 nitrogen and oxygen atoms in total. The zero-order valence-corrected chi connectivity index (χ0v) is 17.4. The van der Waals surface area contributed by atoms with Gasteiger partial charge in [-0.05, 0) is 43.2 Å². The predicted octanol–water partition coefficient (Wildman–Crippen LogP) is 3.57. The predicted molar refractivity (Wildman–Crippen MR) is 118 cm³/mol. The van der Waals surface area contributed by atoms with Crippen LogP contribution >= 0.6 is 0 Å². The minimum absolute atomic E-state index is 0.0783. The van der Waals surface area contributed by atoms with Crippen molar-refractivity contribution in [3.8, 4) is 5.75 Å². The number of carbonyl (C=O) groups is 2. The summed E-state index contributed by atoms with van der Waals surface area (Å²) in [7, 11) is 0. The van der Waals surface area contributed by atoms with Gasteiger partial charge in [0.1, 0.15) is 17.0 Å². The lowest BCUT2D eigenvalue weighted by Crippen LogP contribution is -2.28. The summed E-state index contributed by atoms with van der Waals surface area (Å²) in [6, 6.07) is 16.6. The highest BCUT2D eigenvalue weighted by atomic mass is 16.5. The maximum Gasteiger partial charge on any atom is 0.343 e. The van der Waals surface area contributed by atoms with Crippen molar-refractivity contribution in [2.45, 2.75) is 20.4 Å². The van der Waals surface area contributed by atoms with Crippen LogP contribution in [0, 0.1) is 0 Å². The fourth-order valence-electron chi connectivity index (χ4n) is 2.95. The Morgan fingerprint density at radius 2 is 1.81 bits per heavy atom. The number of hydrogen-bond acceptors (Lipinski definition) is 6. The molecule has 0 fully saturated rings. The van der Waals surface area contributed by atoms with Crippen molar-refractivity contribution in [2.75, 3.05) is 13.2 Å². The molecule has 0 saturated heterocycles. The number of aliphatic hydroxyl groups is 1. The van der Waals surface area contributed by atoms with E-state index in [2.05, 4.69) is 10.3 Å². The number of ether oxygens (including phenoxy) is 2. The minimum atomic E-state index is -0.598. The molecule has 0 radical (unpaired) electrons. The van der Waals surface area contributed by atoms with Gasteiger partial charge in [0.2, 0.25) is 0 Å². The molecule has 1 heterocycles. The minimum Gasteiger partial charge on any atom is -0.505 e. The van der Waals surface area contributed by atoms with Crippen LogP contribution in [-0.2, 0) is 20.9 Å². The molecule has 0 bridgehead atoms. The van der Waals surface area contributed by atoms with E-state index in [1.165, 1.54) is 0 Å². The van der Waals surface area contributed by atoms with Crippen LogP contribution < -0.4 is 10.1 Å². The highest BCUT2D eigenvalue weighted by molar-refractivity contribution is 6.22. The molecule has 160 valence electrons. The Balaban J connectivity index is 1.56. The molecule has 0 atom stereocenters. The lowest BCUT2D eigenvalue weighted by atomic mass is 10.1. The Kier molecular flexibility index (Phi) is 7.22. The molecule has 2 aromatic rings. The second-order valence-corrected chi connectivity index (χ2v) is 6.79. The molecule has 0 saturated carbocycles. The molecule has 2 N–H and O–H groups in total. The number of carbonyl (C=O) groups excluding carboxylic acids is 2. The molecule has 3 rings (SSSR count). The van der Waals surface area contributed by atoms with Crippen LogP contribution in [0.1, 0.15) is 25.0 Å². The highest BCUT2D eigenvalue weighted by Crippen LogP contribution is 2.26. The summed E-state index contributed by atoms with van der Waals surface area (Å²) in [5, 5.41) is 13.1. The highest BCUT2D eigenvalue weighted by Gasteiger charge is 2.27. The standard InChI is InChI=1S/C24H24N2O5/c1-3-30-24(29)22-16(2)26-20(23(22)28)13-17-9-11-19(12-10-17)31-15-21(27)25-14-18-7-5-4-6-8-18/h4-13,28H,3,14-15H2,1-2H3,(H,25,27)/b20-13-. The van der Waals surface area contributed by atoms with Gasteiger partial charge in [-0.2, -0.15) is 0 Å². The van der Waals surface area contributed by atoms with Gasteiger partial charge in [0.25, 0.3) is 5.91 Å². The van der Waals surface area contributed by atoms with Crippen LogP contribution in [0.4, 0.5) is 0 Å². The Bertz CT molecular complexity index is 1040. The zero-order chi connectivity index (χ0) is 22.2. The van der Waals surface area contributed by atoms with E-state index in [1.54, 1.807) is 44.2 Å². The van der Waals surface area contributed by atoms with E-state index in [-0.39, 0.29) is 36.2 Å². The normalized spacial score (nSPS) is 14.4. The lowest BCUT2D eigenvalue weighted by Gasteiger charge is -2.08. The summed E-state index contributed by atoms with van der Waals surface area (Å²) in [6.45, 7) is 3.91. The van der Waals surface area contributed by atoms with Crippen LogP contribution in [0.25, 0.3) is 6.08 Å². The van der Waals surface area contributed by atoms with Gasteiger partial charge in [-0.1, -0.05) is 42.5 Å². The van der Waals surface area contributed by atoms with Crippen molar-refractivity contribution >= 4 is 23.7 Å². The largest absolute Gasteiger partial charge is 0.505 e. The fraction of sp³-hybridized carbons (Fsp3) is 0.208. The van der Waals surface area contributed by atoms with Gasteiger partial charge < -0.3 is 19.9 Å². The molecular formula is C24H24N2O5. The third-order valence-corrected chi connectivity index (χ3v) is 4.49. The van der Waals surface area contributed by atoms with E-state index in [0.717, 1.165) is 11.1 Å². The second-order valence-electron chi connectivity index (χ2n) is 6.79. The summed E-state index contributed by atoms with van der Waals surface area (Å²) in [5.41, 5.74) is 2.54. The monoisotopic (exact) mass is 420 g/mol. The molecule has 0 unspecified atom stereocenters. The van der Waals surface area contributed by atoms with E-state index in [4.69, 9.17) is 9.47 Å². The second kappa shape index (κ2) is 10.2. The lowest BCUT2D eigenvalue weighted by molar-refractivity contribution is -0.138. The molecule has 0 spiro atoms. The summed E-state index contributed by atoms with van der Waals surface area (Å²) in [4.78, 5) is 28.2.